The zero-order valence-electron chi connectivity index (χ0n) is 6.05. The number of hydrogen-bond acceptors (Lipinski definition) is 3. The highest BCUT2D eigenvalue weighted by molar-refractivity contribution is 5.00. The molecule has 0 aromatic rings. The van der Waals surface area contributed by atoms with Crippen LogP contribution >= 0.6 is 0 Å². The summed E-state index contributed by atoms with van der Waals surface area (Å²) in [5.74, 6) is 0. The van der Waals surface area contributed by atoms with E-state index in [9.17, 15) is 0 Å². The van der Waals surface area contributed by atoms with Crippen LogP contribution in [0.25, 0.3) is 0 Å². The Morgan fingerprint density at radius 1 is 1.44 bits per heavy atom. The van der Waals surface area contributed by atoms with E-state index in [1.165, 1.54) is 0 Å². The van der Waals surface area contributed by atoms with Gasteiger partial charge in [-0.15, -0.1) is 0 Å². The number of rotatable bonds is 2. The van der Waals surface area contributed by atoms with Gasteiger partial charge in [0.05, 0.1) is 6.61 Å². The topological polar surface area (TPSA) is 45.0 Å². The standard InChI is InChI=1S/C6H12N2O/c1-5(2,4-9)6(3)7-8-6/h9H,4H2,1-3H3. The molecule has 1 heterocycles. The summed E-state index contributed by atoms with van der Waals surface area (Å²) in [7, 11) is 0. The minimum atomic E-state index is -0.304. The second-order valence-corrected chi connectivity index (χ2v) is 3.26. The Kier molecular flexibility index (Phi) is 1.14. The molecular formula is C6H12N2O. The van der Waals surface area contributed by atoms with Crippen molar-refractivity contribution < 1.29 is 5.11 Å². The first-order chi connectivity index (χ1) is 4.02. The average Bonchev–Trinajstić information content (AvgIpc) is 2.49. The van der Waals surface area contributed by atoms with Gasteiger partial charge in [-0.25, -0.2) is 0 Å². The highest BCUT2D eigenvalue weighted by Gasteiger charge is 2.48. The molecule has 0 bridgehead atoms. The first-order valence-corrected chi connectivity index (χ1v) is 3.07. The van der Waals surface area contributed by atoms with Crippen molar-refractivity contribution in [2.24, 2.45) is 15.6 Å². The van der Waals surface area contributed by atoms with Gasteiger partial charge in [0.25, 0.3) is 0 Å². The molecule has 52 valence electrons. The smallest absolute Gasteiger partial charge is 0.195 e. The van der Waals surface area contributed by atoms with Gasteiger partial charge < -0.3 is 5.11 Å². The summed E-state index contributed by atoms with van der Waals surface area (Å²) in [6, 6.07) is 0. The van der Waals surface area contributed by atoms with E-state index in [2.05, 4.69) is 10.2 Å². The average molecular weight is 128 g/mol. The second kappa shape index (κ2) is 1.53. The van der Waals surface area contributed by atoms with Gasteiger partial charge in [0.1, 0.15) is 0 Å². The molecule has 0 aromatic carbocycles. The third kappa shape index (κ3) is 0.852. The third-order valence-electron chi connectivity index (χ3n) is 2.08. The summed E-state index contributed by atoms with van der Waals surface area (Å²) in [6.45, 7) is 5.96. The first kappa shape index (κ1) is 6.68. The fourth-order valence-corrected chi connectivity index (χ4v) is 0.495. The van der Waals surface area contributed by atoms with Crippen LogP contribution in [0.4, 0.5) is 0 Å². The fraction of sp³-hybridized carbons (Fsp3) is 1.00. The quantitative estimate of drug-likeness (QED) is 0.596. The van der Waals surface area contributed by atoms with E-state index in [1.807, 2.05) is 20.8 Å². The lowest BCUT2D eigenvalue weighted by Gasteiger charge is -2.24. The summed E-state index contributed by atoms with van der Waals surface area (Å²) in [6.07, 6.45) is 0. The predicted octanol–water partition coefficient (Wildman–Crippen LogP) is 1.19. The predicted molar refractivity (Wildman–Crippen MR) is 34.1 cm³/mol. The van der Waals surface area contributed by atoms with Gasteiger partial charge in [0, 0.05) is 5.41 Å². The molecule has 0 aliphatic carbocycles. The molecule has 1 aliphatic rings. The van der Waals surface area contributed by atoms with E-state index in [0.29, 0.717) is 0 Å². The van der Waals surface area contributed by atoms with Crippen molar-refractivity contribution in [1.82, 2.24) is 0 Å². The van der Waals surface area contributed by atoms with Crippen molar-refractivity contribution >= 4 is 0 Å². The fourth-order valence-electron chi connectivity index (χ4n) is 0.495. The van der Waals surface area contributed by atoms with Crippen LogP contribution in [0.1, 0.15) is 20.8 Å². The van der Waals surface area contributed by atoms with Crippen LogP contribution in [0.3, 0.4) is 0 Å². The molecule has 0 spiro atoms. The van der Waals surface area contributed by atoms with Crippen molar-refractivity contribution in [1.29, 1.82) is 0 Å². The molecule has 0 unspecified atom stereocenters. The lowest BCUT2D eigenvalue weighted by molar-refractivity contribution is 0.120. The van der Waals surface area contributed by atoms with Crippen LogP contribution in [0.5, 0.6) is 0 Å². The van der Waals surface area contributed by atoms with Crippen molar-refractivity contribution in [3.05, 3.63) is 0 Å². The molecular weight excluding hydrogens is 116 g/mol. The van der Waals surface area contributed by atoms with Crippen LogP contribution in [-0.2, 0) is 0 Å². The zero-order valence-corrected chi connectivity index (χ0v) is 6.05. The molecule has 0 aromatic heterocycles. The molecule has 0 amide bonds. The third-order valence-corrected chi connectivity index (χ3v) is 2.08. The molecule has 0 radical (unpaired) electrons. The Morgan fingerprint density at radius 2 is 1.89 bits per heavy atom. The highest BCUT2D eigenvalue weighted by Crippen LogP contribution is 2.43. The van der Waals surface area contributed by atoms with Crippen LogP contribution in [0.15, 0.2) is 10.2 Å². The zero-order chi connectivity index (χ0) is 7.12. The van der Waals surface area contributed by atoms with Crippen molar-refractivity contribution in [2.75, 3.05) is 6.61 Å². The van der Waals surface area contributed by atoms with Gasteiger partial charge >= 0.3 is 0 Å². The van der Waals surface area contributed by atoms with Gasteiger partial charge in [0.2, 0.25) is 0 Å². The van der Waals surface area contributed by atoms with E-state index in [4.69, 9.17) is 5.11 Å². The molecule has 1 rings (SSSR count). The minimum absolute atomic E-state index is 0.135. The van der Waals surface area contributed by atoms with Crippen LogP contribution in [0, 0.1) is 5.41 Å². The summed E-state index contributed by atoms with van der Waals surface area (Å²) in [4.78, 5) is 0. The summed E-state index contributed by atoms with van der Waals surface area (Å²) >= 11 is 0. The maximum Gasteiger partial charge on any atom is 0.195 e. The molecule has 1 N–H and O–H groups in total. The maximum atomic E-state index is 8.85. The first-order valence-electron chi connectivity index (χ1n) is 3.07. The number of nitrogens with zero attached hydrogens (tertiary/aromatic N) is 2. The van der Waals surface area contributed by atoms with Gasteiger partial charge in [-0.2, -0.15) is 10.2 Å². The van der Waals surface area contributed by atoms with Crippen molar-refractivity contribution in [2.45, 2.75) is 26.4 Å². The normalized spacial score (nSPS) is 22.2. The molecule has 0 fully saturated rings. The second-order valence-electron chi connectivity index (χ2n) is 3.26. The Balaban J connectivity index is 2.60. The van der Waals surface area contributed by atoms with E-state index in [0.717, 1.165) is 0 Å². The molecule has 3 heteroatoms. The van der Waals surface area contributed by atoms with Gasteiger partial charge in [0.15, 0.2) is 5.66 Å². The number of aliphatic hydroxyl groups excluding tert-OH is 1. The van der Waals surface area contributed by atoms with Gasteiger partial charge in [-0.3, -0.25) is 0 Å². The van der Waals surface area contributed by atoms with Crippen LogP contribution in [-0.4, -0.2) is 17.4 Å². The van der Waals surface area contributed by atoms with Crippen LogP contribution < -0.4 is 0 Å². The minimum Gasteiger partial charge on any atom is -0.396 e. The summed E-state index contributed by atoms with van der Waals surface area (Å²) in [5.41, 5.74) is -0.491. The Labute approximate surface area is 54.8 Å². The highest BCUT2D eigenvalue weighted by atomic mass is 16.3. The Bertz CT molecular complexity index is 145. The summed E-state index contributed by atoms with van der Waals surface area (Å²) < 4.78 is 0. The molecule has 1 aliphatic heterocycles. The Morgan fingerprint density at radius 3 is 2.00 bits per heavy atom. The van der Waals surface area contributed by atoms with E-state index in [1.54, 1.807) is 0 Å². The summed E-state index contributed by atoms with van der Waals surface area (Å²) in [5, 5.41) is 16.5. The largest absolute Gasteiger partial charge is 0.396 e. The molecule has 3 nitrogen and oxygen atoms in total. The number of aliphatic hydroxyl groups is 1. The van der Waals surface area contributed by atoms with Gasteiger partial charge in [-0.05, 0) is 6.92 Å². The maximum absolute atomic E-state index is 8.85. The molecule has 9 heavy (non-hydrogen) atoms. The Hall–Kier alpha value is -0.440. The molecule has 0 saturated heterocycles. The van der Waals surface area contributed by atoms with Crippen molar-refractivity contribution in [3.8, 4) is 0 Å². The number of hydrogen-bond donors (Lipinski definition) is 1. The van der Waals surface area contributed by atoms with E-state index < -0.39 is 0 Å². The monoisotopic (exact) mass is 128 g/mol. The molecule has 0 atom stereocenters. The lowest BCUT2D eigenvalue weighted by atomic mass is 9.83. The van der Waals surface area contributed by atoms with Gasteiger partial charge in [-0.1, -0.05) is 13.8 Å². The molecule has 0 saturated carbocycles. The van der Waals surface area contributed by atoms with E-state index >= 15 is 0 Å². The van der Waals surface area contributed by atoms with E-state index in [-0.39, 0.29) is 17.7 Å². The SMILES string of the molecule is CC(C)(CO)C1(C)N=N1. The van der Waals surface area contributed by atoms with Crippen LogP contribution in [0.2, 0.25) is 0 Å². The van der Waals surface area contributed by atoms with Crippen molar-refractivity contribution in [3.63, 3.8) is 0 Å². The lowest BCUT2D eigenvalue weighted by Crippen LogP contribution is -2.33.